The van der Waals surface area contributed by atoms with Gasteiger partial charge in [0.1, 0.15) is 10.7 Å². The number of fused-ring (bicyclic) bond motifs is 1. The van der Waals surface area contributed by atoms with E-state index in [0.717, 1.165) is 22.4 Å². The van der Waals surface area contributed by atoms with Crippen molar-refractivity contribution in [2.75, 3.05) is 6.54 Å². The molecule has 2 aliphatic rings. The number of hydrogen-bond acceptors (Lipinski definition) is 4. The van der Waals surface area contributed by atoms with E-state index in [1.54, 1.807) is 12.1 Å². The molecular formula is C28H24ClN3O3. The maximum Gasteiger partial charge on any atom is 0.278 e. The van der Waals surface area contributed by atoms with Crippen molar-refractivity contribution in [3.05, 3.63) is 117 Å². The third-order valence-electron chi connectivity index (χ3n) is 6.38. The zero-order chi connectivity index (χ0) is 24.4. The summed E-state index contributed by atoms with van der Waals surface area (Å²) in [5, 5.41) is 2.90. The molecule has 3 amide bonds. The number of hydrogen-bond donors (Lipinski definition) is 1. The summed E-state index contributed by atoms with van der Waals surface area (Å²) in [6, 6.07) is 24.8. The van der Waals surface area contributed by atoms with Crippen molar-refractivity contribution in [3.8, 4) is 0 Å². The van der Waals surface area contributed by atoms with E-state index in [0.29, 0.717) is 25.2 Å². The minimum absolute atomic E-state index is 0.00196. The summed E-state index contributed by atoms with van der Waals surface area (Å²) >= 11 is 6.19. The molecule has 0 unspecified atom stereocenters. The highest BCUT2D eigenvalue weighted by Gasteiger charge is 2.37. The smallest absolute Gasteiger partial charge is 0.278 e. The lowest BCUT2D eigenvalue weighted by molar-refractivity contribution is -0.138. The molecule has 0 aromatic heterocycles. The van der Waals surface area contributed by atoms with Crippen molar-refractivity contribution >= 4 is 29.3 Å². The van der Waals surface area contributed by atoms with Crippen LogP contribution in [0.25, 0.3) is 0 Å². The predicted molar refractivity (Wildman–Crippen MR) is 133 cm³/mol. The zero-order valence-electron chi connectivity index (χ0n) is 19.0. The van der Waals surface area contributed by atoms with Gasteiger partial charge in [0, 0.05) is 25.2 Å². The Kier molecular flexibility index (Phi) is 6.38. The fraction of sp³-hybridized carbons (Fsp3) is 0.179. The molecule has 3 aromatic carbocycles. The Morgan fingerprint density at radius 2 is 1.51 bits per heavy atom. The lowest BCUT2D eigenvalue weighted by atomic mass is 9.99. The summed E-state index contributed by atoms with van der Waals surface area (Å²) in [4.78, 5) is 41.3. The topological polar surface area (TPSA) is 69.7 Å². The van der Waals surface area contributed by atoms with Crippen LogP contribution < -0.4 is 5.32 Å². The molecule has 0 saturated heterocycles. The molecule has 6 nitrogen and oxygen atoms in total. The van der Waals surface area contributed by atoms with Crippen LogP contribution in [0.2, 0.25) is 0 Å². The Morgan fingerprint density at radius 3 is 2.26 bits per heavy atom. The lowest BCUT2D eigenvalue weighted by Gasteiger charge is -2.29. The maximum absolute atomic E-state index is 13.0. The van der Waals surface area contributed by atoms with Crippen LogP contribution in [0.5, 0.6) is 0 Å². The van der Waals surface area contributed by atoms with E-state index >= 15 is 0 Å². The summed E-state index contributed by atoms with van der Waals surface area (Å²) in [6.07, 6.45) is 0.855. The Bertz CT molecular complexity index is 1320. The number of amides is 3. The molecule has 0 aliphatic carbocycles. The Morgan fingerprint density at radius 1 is 0.829 bits per heavy atom. The normalized spacial score (nSPS) is 15.5. The summed E-state index contributed by atoms with van der Waals surface area (Å²) < 4.78 is 0. The van der Waals surface area contributed by atoms with Gasteiger partial charge in [-0.15, -0.1) is 0 Å². The molecule has 0 atom stereocenters. The van der Waals surface area contributed by atoms with Crippen molar-refractivity contribution in [3.63, 3.8) is 0 Å². The summed E-state index contributed by atoms with van der Waals surface area (Å²) in [6.45, 7) is 1.77. The number of carbonyl (C=O) groups is 3. The molecular weight excluding hydrogens is 462 g/mol. The van der Waals surface area contributed by atoms with Gasteiger partial charge in [0.05, 0.1) is 6.54 Å². The molecule has 3 aromatic rings. The fourth-order valence-corrected chi connectivity index (χ4v) is 4.67. The van der Waals surface area contributed by atoms with Crippen LogP contribution in [0.3, 0.4) is 0 Å². The number of rotatable bonds is 6. The van der Waals surface area contributed by atoms with Gasteiger partial charge < -0.3 is 10.2 Å². The number of benzene rings is 3. The van der Waals surface area contributed by atoms with Crippen LogP contribution >= 0.6 is 11.6 Å². The van der Waals surface area contributed by atoms with E-state index in [1.165, 1.54) is 11.1 Å². The molecule has 0 fully saturated rings. The van der Waals surface area contributed by atoms with Gasteiger partial charge >= 0.3 is 0 Å². The molecule has 1 N–H and O–H groups in total. The largest absolute Gasteiger partial charge is 0.375 e. The van der Waals surface area contributed by atoms with Crippen molar-refractivity contribution in [1.82, 2.24) is 15.1 Å². The summed E-state index contributed by atoms with van der Waals surface area (Å²) in [7, 11) is 0. The predicted octanol–water partition coefficient (Wildman–Crippen LogP) is 3.99. The van der Waals surface area contributed by atoms with Gasteiger partial charge in [-0.05, 0) is 40.8 Å². The second-order valence-corrected chi connectivity index (χ2v) is 9.04. The second kappa shape index (κ2) is 9.76. The standard InChI is InChI=1S/C28H24ClN3O3/c29-24-25(28(35)32(27(24)34)17-20-6-2-1-3-7-20)30-16-19-10-12-22(13-11-19)26(33)31-15-14-21-8-4-5-9-23(21)18-31/h1-13,30H,14-18H2. The van der Waals surface area contributed by atoms with E-state index < -0.39 is 11.8 Å². The monoisotopic (exact) mass is 485 g/mol. The minimum atomic E-state index is -0.507. The van der Waals surface area contributed by atoms with E-state index in [1.807, 2.05) is 59.5 Å². The summed E-state index contributed by atoms with van der Waals surface area (Å²) in [5.41, 5.74) is 4.91. The van der Waals surface area contributed by atoms with E-state index in [4.69, 9.17) is 11.6 Å². The van der Waals surface area contributed by atoms with Gasteiger partial charge in [0.25, 0.3) is 17.7 Å². The van der Waals surface area contributed by atoms with Crippen LogP contribution in [0, 0.1) is 0 Å². The highest BCUT2D eigenvalue weighted by atomic mass is 35.5. The summed E-state index contributed by atoms with van der Waals surface area (Å²) in [5.74, 6) is -0.953. The molecule has 0 spiro atoms. The molecule has 2 heterocycles. The van der Waals surface area contributed by atoms with Crippen molar-refractivity contribution in [2.45, 2.75) is 26.1 Å². The second-order valence-electron chi connectivity index (χ2n) is 8.67. The van der Waals surface area contributed by atoms with Crippen LogP contribution in [-0.4, -0.2) is 34.1 Å². The molecule has 2 aliphatic heterocycles. The Balaban J connectivity index is 1.20. The van der Waals surface area contributed by atoms with Crippen LogP contribution in [0.4, 0.5) is 0 Å². The van der Waals surface area contributed by atoms with Gasteiger partial charge in [-0.25, -0.2) is 0 Å². The van der Waals surface area contributed by atoms with Crippen LogP contribution in [0.15, 0.2) is 89.6 Å². The first-order chi connectivity index (χ1) is 17.0. The Hall–Kier alpha value is -3.90. The van der Waals surface area contributed by atoms with Gasteiger partial charge in [-0.3, -0.25) is 19.3 Å². The number of imide groups is 1. The molecule has 176 valence electrons. The highest BCUT2D eigenvalue weighted by Crippen LogP contribution is 2.25. The third kappa shape index (κ3) is 4.70. The number of nitrogens with zero attached hydrogens (tertiary/aromatic N) is 2. The minimum Gasteiger partial charge on any atom is -0.375 e. The molecule has 35 heavy (non-hydrogen) atoms. The van der Waals surface area contributed by atoms with Crippen molar-refractivity contribution < 1.29 is 14.4 Å². The van der Waals surface area contributed by atoms with E-state index in [9.17, 15) is 14.4 Å². The van der Waals surface area contributed by atoms with Crippen molar-refractivity contribution in [1.29, 1.82) is 0 Å². The molecule has 0 radical (unpaired) electrons. The molecule has 7 heteroatoms. The van der Waals surface area contributed by atoms with Gasteiger partial charge in [0.2, 0.25) is 0 Å². The average molecular weight is 486 g/mol. The SMILES string of the molecule is O=C(c1ccc(CNC2=C(Cl)C(=O)N(Cc3ccccc3)C2=O)cc1)N1CCc2ccccc2C1. The number of carbonyl (C=O) groups excluding carboxylic acids is 3. The first-order valence-corrected chi connectivity index (χ1v) is 11.9. The Labute approximate surface area is 208 Å². The van der Waals surface area contributed by atoms with Gasteiger partial charge in [-0.2, -0.15) is 0 Å². The highest BCUT2D eigenvalue weighted by molar-refractivity contribution is 6.47. The first kappa shape index (κ1) is 22.9. The van der Waals surface area contributed by atoms with Gasteiger partial charge in [-0.1, -0.05) is 78.3 Å². The third-order valence-corrected chi connectivity index (χ3v) is 6.73. The van der Waals surface area contributed by atoms with Crippen molar-refractivity contribution in [2.24, 2.45) is 0 Å². The van der Waals surface area contributed by atoms with E-state index in [-0.39, 0.29) is 23.2 Å². The fourth-order valence-electron chi connectivity index (χ4n) is 4.42. The quantitative estimate of drug-likeness (QED) is 0.536. The molecule has 0 saturated carbocycles. The van der Waals surface area contributed by atoms with Gasteiger partial charge in [0.15, 0.2) is 0 Å². The first-order valence-electron chi connectivity index (χ1n) is 11.5. The number of halogens is 1. The number of nitrogens with one attached hydrogen (secondary N) is 1. The zero-order valence-corrected chi connectivity index (χ0v) is 19.8. The van der Waals surface area contributed by atoms with Crippen LogP contribution in [-0.2, 0) is 35.6 Å². The lowest BCUT2D eigenvalue weighted by Crippen LogP contribution is -2.35. The van der Waals surface area contributed by atoms with E-state index in [2.05, 4.69) is 17.4 Å². The maximum atomic E-state index is 13.0. The average Bonchev–Trinajstić information content (AvgIpc) is 3.10. The molecule has 5 rings (SSSR count). The van der Waals surface area contributed by atoms with Crippen LogP contribution in [0.1, 0.15) is 32.6 Å². The molecule has 0 bridgehead atoms.